The molecule has 0 N–H and O–H groups in total. The Labute approximate surface area is 177 Å². The molecule has 0 fully saturated rings. The molecule has 0 saturated heterocycles. The van der Waals surface area contributed by atoms with Gasteiger partial charge in [-0.05, 0) is 27.2 Å². The van der Waals surface area contributed by atoms with Crippen LogP contribution in [0.25, 0.3) is 26.3 Å². The van der Waals surface area contributed by atoms with Crippen LogP contribution in [0.2, 0.25) is 0 Å². The zero-order chi connectivity index (χ0) is 20.3. The molecule has 0 spiro atoms. The molecule has 30 heavy (non-hydrogen) atoms. The molecule has 1 aromatic heterocycles. The maximum absolute atomic E-state index is 6.26. The van der Waals surface area contributed by atoms with Gasteiger partial charge in [-0.15, -0.1) is 0 Å². The molecule has 5 rings (SSSR count). The lowest BCUT2D eigenvalue weighted by atomic mass is 9.99. The fourth-order valence-electron chi connectivity index (χ4n) is 4.23. The normalized spacial score (nSPS) is 13.0. The highest BCUT2D eigenvalue weighted by Gasteiger charge is 2.22. The monoisotopic (exact) mass is 410 g/mol. The maximum atomic E-state index is 6.26. The summed E-state index contributed by atoms with van der Waals surface area (Å²) in [5.74, 6) is 0. The summed E-state index contributed by atoms with van der Waals surface area (Å²) in [6.45, 7) is 0.249. The number of methoxy groups -OCH3 is 1. The predicted molar refractivity (Wildman–Crippen MR) is 127 cm³/mol. The lowest BCUT2D eigenvalue weighted by molar-refractivity contribution is -0.0586. The smallest absolute Gasteiger partial charge is 0.147 e. The van der Waals surface area contributed by atoms with Crippen molar-refractivity contribution in [3.05, 3.63) is 114 Å². The molecule has 3 heteroatoms. The van der Waals surface area contributed by atoms with Crippen LogP contribution in [0.15, 0.2) is 103 Å². The van der Waals surface area contributed by atoms with E-state index >= 15 is 0 Å². The first-order chi connectivity index (χ1) is 14.9. The summed E-state index contributed by atoms with van der Waals surface area (Å²) in [5.41, 5.74) is 2.36. The van der Waals surface area contributed by atoms with Crippen LogP contribution in [-0.2, 0) is 9.47 Å². The topological polar surface area (TPSA) is 18.5 Å². The van der Waals surface area contributed by atoms with E-state index in [0.717, 1.165) is 5.56 Å². The molecule has 0 aliphatic rings. The van der Waals surface area contributed by atoms with Crippen LogP contribution in [0.5, 0.6) is 0 Å². The average molecular weight is 410 g/mol. The summed E-state index contributed by atoms with van der Waals surface area (Å²) >= 11 is 0. The third kappa shape index (κ3) is 3.34. The zero-order valence-electron chi connectivity index (χ0n) is 16.9. The number of rotatable bonds is 6. The quantitative estimate of drug-likeness (QED) is 0.267. The average Bonchev–Trinajstić information content (AvgIpc) is 3.16. The van der Waals surface area contributed by atoms with Crippen molar-refractivity contribution in [2.45, 2.75) is 6.10 Å². The van der Waals surface area contributed by atoms with Gasteiger partial charge in [0.15, 0.2) is 0 Å². The lowest BCUT2D eigenvalue weighted by Gasteiger charge is -2.20. The van der Waals surface area contributed by atoms with Crippen molar-refractivity contribution >= 4 is 28.5 Å². The number of ether oxygens (including phenoxy) is 2. The second kappa shape index (κ2) is 8.45. The first-order valence-electron chi connectivity index (χ1n) is 10.1. The van der Waals surface area contributed by atoms with Gasteiger partial charge in [0.25, 0.3) is 0 Å². The second-order valence-corrected chi connectivity index (χ2v) is 9.41. The van der Waals surface area contributed by atoms with E-state index in [-0.39, 0.29) is 12.9 Å². The summed E-state index contributed by atoms with van der Waals surface area (Å²) in [7, 11) is 1.02. The van der Waals surface area contributed by atoms with E-state index in [1.165, 1.54) is 31.9 Å². The number of benzene rings is 4. The summed E-state index contributed by atoms with van der Waals surface area (Å²) in [5, 5.41) is 6.83. The van der Waals surface area contributed by atoms with Gasteiger partial charge in [0.1, 0.15) is 12.9 Å². The van der Waals surface area contributed by atoms with Crippen molar-refractivity contribution < 1.29 is 9.47 Å². The number of fused-ring (bicyclic) bond motifs is 3. The molecule has 2 atom stereocenters. The van der Waals surface area contributed by atoms with Gasteiger partial charge in [-0.3, -0.25) is 0 Å². The van der Waals surface area contributed by atoms with Crippen LogP contribution in [0.3, 0.4) is 0 Å². The van der Waals surface area contributed by atoms with E-state index in [4.69, 9.17) is 9.47 Å². The van der Waals surface area contributed by atoms with E-state index in [1.807, 2.05) is 6.07 Å². The molecule has 4 aromatic carbocycles. The molecule has 2 unspecified atom stereocenters. The summed E-state index contributed by atoms with van der Waals surface area (Å²) in [4.78, 5) is 0. The van der Waals surface area contributed by atoms with E-state index in [1.54, 1.807) is 7.11 Å². The Morgan fingerprint density at radius 1 is 0.700 bits per heavy atom. The van der Waals surface area contributed by atoms with Crippen molar-refractivity contribution in [3.8, 4) is 5.30 Å². The van der Waals surface area contributed by atoms with Gasteiger partial charge in [0.2, 0.25) is 0 Å². The largest absolute Gasteiger partial charge is 0.359 e. The fraction of sp³-hybridized carbons (Fsp3) is 0.111. The summed E-state index contributed by atoms with van der Waals surface area (Å²) < 4.78 is 11.6. The van der Waals surface area contributed by atoms with Gasteiger partial charge in [-0.1, -0.05) is 111 Å². The standard InChI is InChI=1S/C27H23O2P/c1-28-19-29-26(20-11-4-2-5-12-20)24-17-10-16-23-22-15-8-9-18-25(22)30(27(23)24)21-13-6-3-7-14-21/h2-18,26H,19H2,1H3. The molecule has 0 aliphatic carbocycles. The van der Waals surface area contributed by atoms with Gasteiger partial charge < -0.3 is 9.47 Å². The first kappa shape index (κ1) is 19.1. The lowest BCUT2D eigenvalue weighted by Crippen LogP contribution is -2.08. The van der Waals surface area contributed by atoms with Crippen molar-refractivity contribution in [2.24, 2.45) is 0 Å². The van der Waals surface area contributed by atoms with Crippen LogP contribution in [-0.4, -0.2) is 13.9 Å². The highest BCUT2D eigenvalue weighted by Crippen LogP contribution is 2.57. The van der Waals surface area contributed by atoms with E-state index in [0.29, 0.717) is 0 Å². The molecule has 148 valence electrons. The van der Waals surface area contributed by atoms with E-state index in [9.17, 15) is 0 Å². The third-order valence-corrected chi connectivity index (χ3v) is 8.11. The van der Waals surface area contributed by atoms with Crippen LogP contribution in [0.4, 0.5) is 0 Å². The van der Waals surface area contributed by atoms with E-state index < -0.39 is 7.53 Å². The predicted octanol–water partition coefficient (Wildman–Crippen LogP) is 7.68. The molecular formula is C27H23O2P. The number of hydrogen-bond acceptors (Lipinski definition) is 2. The molecule has 2 nitrogen and oxygen atoms in total. The SMILES string of the molecule is COCOC(c1ccccc1)c1cccc2c3ccccc3p(-c3ccccc3)c12. The Morgan fingerprint density at radius 3 is 2.13 bits per heavy atom. The van der Waals surface area contributed by atoms with Gasteiger partial charge >= 0.3 is 0 Å². The molecule has 1 heterocycles. The van der Waals surface area contributed by atoms with Gasteiger partial charge in [0, 0.05) is 17.3 Å². The summed E-state index contributed by atoms with van der Waals surface area (Å²) in [6.07, 6.45) is -0.177. The van der Waals surface area contributed by atoms with E-state index in [2.05, 4.69) is 97.1 Å². The number of hydrogen-bond donors (Lipinski definition) is 0. The highest BCUT2D eigenvalue weighted by atomic mass is 31.1. The molecule has 0 bridgehead atoms. The van der Waals surface area contributed by atoms with Crippen LogP contribution < -0.4 is 0 Å². The van der Waals surface area contributed by atoms with Crippen LogP contribution in [0.1, 0.15) is 17.2 Å². The van der Waals surface area contributed by atoms with Crippen LogP contribution in [0, 0.1) is 0 Å². The molecule has 5 aromatic rings. The summed E-state index contributed by atoms with van der Waals surface area (Å²) in [6, 6.07) is 36.7. The Balaban J connectivity index is 1.85. The minimum Gasteiger partial charge on any atom is -0.359 e. The first-order valence-corrected chi connectivity index (χ1v) is 11.5. The third-order valence-electron chi connectivity index (χ3n) is 5.48. The Kier molecular flexibility index (Phi) is 5.38. The van der Waals surface area contributed by atoms with Gasteiger partial charge in [-0.2, -0.15) is 0 Å². The zero-order valence-corrected chi connectivity index (χ0v) is 17.8. The fourth-order valence-corrected chi connectivity index (χ4v) is 7.04. The molecular weight excluding hydrogens is 387 g/mol. The highest BCUT2D eigenvalue weighted by molar-refractivity contribution is 7.68. The minimum absolute atomic E-state index is 0.177. The Morgan fingerprint density at radius 2 is 1.37 bits per heavy atom. The Hall–Kier alpha value is -2.90. The van der Waals surface area contributed by atoms with Crippen LogP contribution >= 0.6 is 7.53 Å². The van der Waals surface area contributed by atoms with Crippen molar-refractivity contribution in [2.75, 3.05) is 13.9 Å². The second-order valence-electron chi connectivity index (χ2n) is 7.30. The minimum atomic E-state index is -0.651. The molecule has 0 saturated carbocycles. The molecule has 0 aliphatic heterocycles. The van der Waals surface area contributed by atoms with Crippen molar-refractivity contribution in [3.63, 3.8) is 0 Å². The maximum Gasteiger partial charge on any atom is 0.147 e. The van der Waals surface area contributed by atoms with Gasteiger partial charge in [-0.25, -0.2) is 0 Å². The molecule has 0 radical (unpaired) electrons. The molecule has 0 amide bonds. The Bertz CT molecular complexity index is 1280. The van der Waals surface area contributed by atoms with Crippen molar-refractivity contribution in [1.29, 1.82) is 0 Å². The van der Waals surface area contributed by atoms with Gasteiger partial charge in [0.05, 0.1) is 0 Å². The van der Waals surface area contributed by atoms with Crippen molar-refractivity contribution in [1.82, 2.24) is 0 Å².